The lowest BCUT2D eigenvalue weighted by Gasteiger charge is -2.24. The first-order chi connectivity index (χ1) is 17.4. The standard InChI is InChI=1S/C24H29F3N4O6/c1-13-4-2-3-5-16(13)29-22(35)23(36)31-18(10-14-6-7-14)21(34)30-17(11-15-8-9-28-20(15)33)19(32)12-37-24(25,26)27/h2-5,14-15,17-18H,6-12H2,1H3,(H,28,33)(H,29,35)(H,30,34)(H,31,36)/t15-,17-,18-/m0/s1. The summed E-state index contributed by atoms with van der Waals surface area (Å²) in [7, 11) is 0. The zero-order valence-electron chi connectivity index (χ0n) is 20.2. The Morgan fingerprint density at radius 2 is 1.73 bits per heavy atom. The van der Waals surface area contributed by atoms with Crippen LogP contribution in [0, 0.1) is 18.8 Å². The Morgan fingerprint density at radius 3 is 2.32 bits per heavy atom. The van der Waals surface area contributed by atoms with Gasteiger partial charge in [0.1, 0.15) is 12.6 Å². The fourth-order valence-electron chi connectivity index (χ4n) is 3.99. The second-order valence-corrected chi connectivity index (χ2v) is 9.25. The summed E-state index contributed by atoms with van der Waals surface area (Å²) in [6.07, 6.45) is -3.14. The quantitative estimate of drug-likeness (QED) is 0.321. The summed E-state index contributed by atoms with van der Waals surface area (Å²) in [5, 5.41) is 9.77. The van der Waals surface area contributed by atoms with Crippen molar-refractivity contribution in [2.24, 2.45) is 11.8 Å². The van der Waals surface area contributed by atoms with E-state index in [4.69, 9.17) is 0 Å². The van der Waals surface area contributed by atoms with E-state index in [1.165, 1.54) is 0 Å². The number of benzene rings is 1. The second kappa shape index (κ2) is 12.2. The fourth-order valence-corrected chi connectivity index (χ4v) is 3.99. The van der Waals surface area contributed by atoms with Gasteiger partial charge in [-0.3, -0.25) is 28.7 Å². The zero-order chi connectivity index (χ0) is 27.2. The number of ketones is 1. The number of hydrogen-bond acceptors (Lipinski definition) is 6. The van der Waals surface area contributed by atoms with Gasteiger partial charge < -0.3 is 21.3 Å². The average molecular weight is 527 g/mol. The molecule has 37 heavy (non-hydrogen) atoms. The number of carbonyl (C=O) groups excluding carboxylic acids is 5. The van der Waals surface area contributed by atoms with Gasteiger partial charge in [-0.05, 0) is 43.7 Å². The van der Waals surface area contributed by atoms with Gasteiger partial charge in [-0.1, -0.05) is 31.0 Å². The van der Waals surface area contributed by atoms with Crippen LogP contribution >= 0.6 is 0 Å². The predicted molar refractivity (Wildman–Crippen MR) is 124 cm³/mol. The van der Waals surface area contributed by atoms with Crippen LogP contribution in [0.3, 0.4) is 0 Å². The Kier molecular flexibility index (Phi) is 9.24. The summed E-state index contributed by atoms with van der Waals surface area (Å²) < 4.78 is 41.0. The van der Waals surface area contributed by atoms with E-state index in [1.54, 1.807) is 31.2 Å². The van der Waals surface area contributed by atoms with Crippen LogP contribution in [0.15, 0.2) is 24.3 Å². The molecule has 1 aromatic carbocycles. The second-order valence-electron chi connectivity index (χ2n) is 9.25. The first-order valence-electron chi connectivity index (χ1n) is 11.9. The number of ether oxygens (including phenoxy) is 1. The minimum absolute atomic E-state index is 0.110. The summed E-state index contributed by atoms with van der Waals surface area (Å²) in [4.78, 5) is 62.5. The molecular formula is C24H29F3N4O6. The first kappa shape index (κ1) is 28.1. The molecule has 1 heterocycles. The minimum Gasteiger partial charge on any atom is -0.356 e. The minimum atomic E-state index is -5.05. The Labute approximate surface area is 211 Å². The van der Waals surface area contributed by atoms with Crippen molar-refractivity contribution in [2.45, 2.75) is 57.5 Å². The number of Topliss-reactive ketones (excluding diaryl/α,β-unsaturated/α-hetero) is 1. The Balaban J connectivity index is 1.68. The Morgan fingerprint density at radius 1 is 1.03 bits per heavy atom. The monoisotopic (exact) mass is 526 g/mol. The van der Waals surface area contributed by atoms with E-state index in [0.717, 1.165) is 12.8 Å². The molecule has 1 aromatic rings. The van der Waals surface area contributed by atoms with Gasteiger partial charge in [0.05, 0.1) is 6.04 Å². The van der Waals surface area contributed by atoms with Crippen LogP contribution in [-0.2, 0) is 28.7 Å². The number of para-hydroxylation sites is 1. The van der Waals surface area contributed by atoms with Crippen LogP contribution in [0.2, 0.25) is 0 Å². The van der Waals surface area contributed by atoms with Crippen molar-refractivity contribution in [3.05, 3.63) is 29.8 Å². The van der Waals surface area contributed by atoms with Crippen molar-refractivity contribution in [1.29, 1.82) is 0 Å². The van der Waals surface area contributed by atoms with Gasteiger partial charge in [0.15, 0.2) is 5.78 Å². The molecule has 202 valence electrons. The smallest absolute Gasteiger partial charge is 0.356 e. The van der Waals surface area contributed by atoms with E-state index in [1.807, 2.05) is 0 Å². The normalized spacial score (nSPS) is 18.9. The molecule has 1 aliphatic heterocycles. The van der Waals surface area contributed by atoms with E-state index < -0.39 is 54.5 Å². The van der Waals surface area contributed by atoms with Crippen LogP contribution in [0.25, 0.3) is 0 Å². The molecule has 1 saturated carbocycles. The van der Waals surface area contributed by atoms with Gasteiger partial charge in [-0.2, -0.15) is 0 Å². The first-order valence-corrected chi connectivity index (χ1v) is 11.9. The third-order valence-electron chi connectivity index (χ3n) is 6.25. The van der Waals surface area contributed by atoms with Crippen molar-refractivity contribution < 1.29 is 41.9 Å². The number of amides is 4. The number of carbonyl (C=O) groups is 5. The molecule has 3 rings (SSSR count). The predicted octanol–water partition coefficient (Wildman–Crippen LogP) is 1.33. The van der Waals surface area contributed by atoms with E-state index >= 15 is 0 Å². The maximum atomic E-state index is 13.1. The van der Waals surface area contributed by atoms with Crippen LogP contribution < -0.4 is 21.3 Å². The molecule has 4 N–H and O–H groups in total. The molecule has 4 amide bonds. The van der Waals surface area contributed by atoms with Gasteiger partial charge in [-0.15, -0.1) is 13.2 Å². The highest BCUT2D eigenvalue weighted by molar-refractivity contribution is 6.40. The summed E-state index contributed by atoms with van der Waals surface area (Å²) in [5.74, 6) is -4.94. The summed E-state index contributed by atoms with van der Waals surface area (Å²) >= 11 is 0. The molecule has 13 heteroatoms. The molecule has 2 aliphatic rings. The van der Waals surface area contributed by atoms with Crippen molar-refractivity contribution >= 4 is 35.1 Å². The highest BCUT2D eigenvalue weighted by atomic mass is 19.4. The van der Waals surface area contributed by atoms with Crippen molar-refractivity contribution in [3.63, 3.8) is 0 Å². The van der Waals surface area contributed by atoms with Crippen molar-refractivity contribution in [2.75, 3.05) is 18.5 Å². The number of anilines is 1. The molecule has 0 aromatic heterocycles. The molecule has 3 atom stereocenters. The SMILES string of the molecule is Cc1ccccc1NC(=O)C(=O)N[C@@H](CC1CC1)C(=O)N[C@@H](C[C@@H]1CCNC1=O)C(=O)COC(F)(F)F. The lowest BCUT2D eigenvalue weighted by atomic mass is 9.95. The molecule has 0 radical (unpaired) electrons. The van der Waals surface area contributed by atoms with Crippen LogP contribution in [0.4, 0.5) is 18.9 Å². The Bertz CT molecular complexity index is 1040. The molecule has 10 nitrogen and oxygen atoms in total. The maximum Gasteiger partial charge on any atom is 0.522 e. The molecule has 2 fully saturated rings. The lowest BCUT2D eigenvalue weighted by Crippen LogP contribution is -2.54. The van der Waals surface area contributed by atoms with E-state index in [-0.39, 0.29) is 24.7 Å². The van der Waals surface area contributed by atoms with Gasteiger partial charge in [0.25, 0.3) is 0 Å². The van der Waals surface area contributed by atoms with Crippen LogP contribution in [0.5, 0.6) is 0 Å². The molecule has 0 spiro atoms. The maximum absolute atomic E-state index is 13.1. The number of aryl methyl sites for hydroxylation is 1. The highest BCUT2D eigenvalue weighted by Gasteiger charge is 2.37. The molecular weight excluding hydrogens is 497 g/mol. The van der Waals surface area contributed by atoms with Gasteiger partial charge in [0, 0.05) is 18.2 Å². The number of halogens is 3. The summed E-state index contributed by atoms with van der Waals surface area (Å²) in [6.45, 7) is 0.732. The van der Waals surface area contributed by atoms with E-state index in [9.17, 15) is 37.1 Å². The van der Waals surface area contributed by atoms with Crippen LogP contribution in [0.1, 0.15) is 37.7 Å². The lowest BCUT2D eigenvalue weighted by molar-refractivity contribution is -0.321. The Hall–Kier alpha value is -3.48. The summed E-state index contributed by atoms with van der Waals surface area (Å²) in [6, 6.07) is 4.11. The van der Waals surface area contributed by atoms with Gasteiger partial charge in [0.2, 0.25) is 11.8 Å². The number of hydrogen-bond donors (Lipinski definition) is 4. The number of rotatable bonds is 11. The third-order valence-corrected chi connectivity index (χ3v) is 6.25. The topological polar surface area (TPSA) is 143 Å². The number of nitrogens with one attached hydrogen (secondary N) is 4. The molecule has 1 aliphatic carbocycles. The van der Waals surface area contributed by atoms with Crippen LogP contribution in [-0.4, -0.2) is 61.0 Å². The third kappa shape index (κ3) is 8.85. The molecule has 0 unspecified atom stereocenters. The van der Waals surface area contributed by atoms with Crippen molar-refractivity contribution in [3.8, 4) is 0 Å². The van der Waals surface area contributed by atoms with E-state index in [0.29, 0.717) is 24.2 Å². The van der Waals surface area contributed by atoms with Gasteiger partial charge >= 0.3 is 18.2 Å². The molecule has 1 saturated heterocycles. The molecule has 0 bridgehead atoms. The zero-order valence-corrected chi connectivity index (χ0v) is 20.2. The highest BCUT2D eigenvalue weighted by Crippen LogP contribution is 2.33. The fraction of sp³-hybridized carbons (Fsp3) is 0.542. The summed E-state index contributed by atoms with van der Waals surface area (Å²) in [5.41, 5.74) is 1.13. The van der Waals surface area contributed by atoms with E-state index in [2.05, 4.69) is 26.0 Å². The van der Waals surface area contributed by atoms with Crippen molar-refractivity contribution in [1.82, 2.24) is 16.0 Å². The van der Waals surface area contributed by atoms with Gasteiger partial charge in [-0.25, -0.2) is 0 Å². The largest absolute Gasteiger partial charge is 0.522 e. The average Bonchev–Trinajstić information content (AvgIpc) is 3.56. The number of alkyl halides is 3.